The predicted octanol–water partition coefficient (Wildman–Crippen LogP) is 4.34. The Morgan fingerprint density at radius 1 is 1.00 bits per heavy atom. The van der Waals surface area contributed by atoms with Crippen molar-refractivity contribution in [3.63, 3.8) is 0 Å². The van der Waals surface area contributed by atoms with Crippen molar-refractivity contribution in [3.05, 3.63) is 77.9 Å². The number of aromatic nitrogens is 2. The van der Waals surface area contributed by atoms with Crippen LogP contribution in [0.5, 0.6) is 0 Å². The maximum absolute atomic E-state index is 13.5. The number of carbonyl (C=O) groups excluding carboxylic acids is 1. The molecule has 2 aliphatic rings. The highest BCUT2D eigenvalue weighted by Gasteiger charge is 2.53. The fourth-order valence-corrected chi connectivity index (χ4v) is 4.48. The largest absolute Gasteiger partial charge is 0.350 e. The van der Waals surface area contributed by atoms with Crippen LogP contribution in [0.15, 0.2) is 66.7 Å². The van der Waals surface area contributed by atoms with Gasteiger partial charge < -0.3 is 10.6 Å². The van der Waals surface area contributed by atoms with Crippen molar-refractivity contribution in [2.24, 2.45) is 0 Å². The van der Waals surface area contributed by atoms with E-state index in [9.17, 15) is 4.79 Å². The average molecular weight is 366 g/mol. The summed E-state index contributed by atoms with van der Waals surface area (Å²) in [5, 5.41) is 6.66. The first kappa shape index (κ1) is 15.5. The molecule has 4 aromatic rings. The van der Waals surface area contributed by atoms with E-state index in [-0.39, 0.29) is 5.91 Å². The summed E-state index contributed by atoms with van der Waals surface area (Å²) in [5.74, 6) is 0.718. The molecule has 1 amide bonds. The molecular formula is C23H18N4O. The Bertz CT molecular complexity index is 1290. The first-order valence-electron chi connectivity index (χ1n) is 9.53. The lowest BCUT2D eigenvalue weighted by Crippen LogP contribution is -2.50. The van der Waals surface area contributed by atoms with Crippen LogP contribution in [0, 0.1) is 0 Å². The van der Waals surface area contributed by atoms with Gasteiger partial charge in [0.1, 0.15) is 5.82 Å². The summed E-state index contributed by atoms with van der Waals surface area (Å²) in [5.41, 5.74) is 5.65. The minimum absolute atomic E-state index is 0.0883. The van der Waals surface area contributed by atoms with Gasteiger partial charge in [-0.3, -0.25) is 9.36 Å². The van der Waals surface area contributed by atoms with E-state index in [1.165, 1.54) is 5.56 Å². The van der Waals surface area contributed by atoms with E-state index in [1.807, 2.05) is 54.6 Å². The molecule has 5 nitrogen and oxygen atoms in total. The van der Waals surface area contributed by atoms with Gasteiger partial charge in [-0.25, -0.2) is 4.98 Å². The first-order valence-corrected chi connectivity index (χ1v) is 9.53. The molecule has 0 radical (unpaired) electrons. The van der Waals surface area contributed by atoms with Gasteiger partial charge in [0.15, 0.2) is 0 Å². The molecule has 6 rings (SSSR count). The molecule has 1 spiro atoms. The lowest BCUT2D eigenvalue weighted by molar-refractivity contribution is -0.120. The molecule has 0 bridgehead atoms. The third kappa shape index (κ3) is 1.76. The Hall–Kier alpha value is -3.60. The number of rotatable bonds is 1. The van der Waals surface area contributed by atoms with Crippen LogP contribution < -0.4 is 10.6 Å². The molecule has 1 aromatic heterocycles. The molecule has 3 aromatic carbocycles. The van der Waals surface area contributed by atoms with Crippen LogP contribution in [0.4, 0.5) is 11.4 Å². The number of benzene rings is 3. The molecule has 2 aliphatic heterocycles. The van der Waals surface area contributed by atoms with E-state index in [2.05, 4.69) is 34.3 Å². The second-order valence-electron chi connectivity index (χ2n) is 7.33. The highest BCUT2D eigenvalue weighted by atomic mass is 16.2. The van der Waals surface area contributed by atoms with E-state index in [0.29, 0.717) is 0 Å². The number of nitrogens with zero attached hydrogens (tertiary/aromatic N) is 2. The zero-order valence-electron chi connectivity index (χ0n) is 15.4. The van der Waals surface area contributed by atoms with Crippen molar-refractivity contribution in [2.75, 3.05) is 10.6 Å². The standard InChI is InChI=1S/C23H18N4O/c1-2-14-11-12-18-16(13-14)23(22(28)25-18)26-17-8-4-3-7-15(17)21-24-19-9-5-6-10-20(19)27(21)23/h3-13,26H,2H2,1H3,(H,25,28)/t23-/m0/s1. The maximum atomic E-state index is 13.5. The minimum atomic E-state index is -1.06. The number of carbonyl (C=O) groups is 1. The second kappa shape index (κ2) is 5.23. The van der Waals surface area contributed by atoms with Crippen molar-refractivity contribution in [1.82, 2.24) is 9.55 Å². The van der Waals surface area contributed by atoms with Crippen molar-refractivity contribution < 1.29 is 4.79 Å². The van der Waals surface area contributed by atoms with Gasteiger partial charge in [0, 0.05) is 22.5 Å². The number of nitrogens with one attached hydrogen (secondary N) is 2. The SMILES string of the molecule is CCc1ccc2c(c1)[C@@]1(Nc3ccccc3-c3nc4ccccc4n31)C(=O)N2. The van der Waals surface area contributed by atoms with Crippen LogP contribution in [0.1, 0.15) is 18.1 Å². The number of fused-ring (bicyclic) bond motifs is 8. The predicted molar refractivity (Wildman–Crippen MR) is 110 cm³/mol. The van der Waals surface area contributed by atoms with E-state index in [1.54, 1.807) is 0 Å². The highest BCUT2D eigenvalue weighted by molar-refractivity contribution is 6.10. The van der Waals surface area contributed by atoms with Crippen molar-refractivity contribution in [1.29, 1.82) is 0 Å². The van der Waals surface area contributed by atoms with Crippen LogP contribution in [-0.4, -0.2) is 15.5 Å². The molecule has 0 fully saturated rings. The number of aryl methyl sites for hydroxylation is 1. The van der Waals surface area contributed by atoms with Gasteiger partial charge in [0.2, 0.25) is 5.66 Å². The second-order valence-corrected chi connectivity index (χ2v) is 7.33. The number of amides is 1. The van der Waals surface area contributed by atoms with Gasteiger partial charge in [-0.15, -0.1) is 0 Å². The Morgan fingerprint density at radius 2 is 1.82 bits per heavy atom. The Kier molecular flexibility index (Phi) is 2.88. The summed E-state index contributed by atoms with van der Waals surface area (Å²) in [4.78, 5) is 18.4. The summed E-state index contributed by atoms with van der Waals surface area (Å²) in [7, 11) is 0. The summed E-state index contributed by atoms with van der Waals surface area (Å²) >= 11 is 0. The van der Waals surface area contributed by atoms with Gasteiger partial charge in [0.05, 0.1) is 11.0 Å². The number of para-hydroxylation sites is 3. The molecule has 1 atom stereocenters. The third-order valence-electron chi connectivity index (χ3n) is 5.84. The summed E-state index contributed by atoms with van der Waals surface area (Å²) in [6, 6.07) is 22.2. The fourth-order valence-electron chi connectivity index (χ4n) is 4.48. The van der Waals surface area contributed by atoms with Gasteiger partial charge in [0.25, 0.3) is 5.91 Å². The average Bonchev–Trinajstić information content (AvgIpc) is 3.25. The topological polar surface area (TPSA) is 59.0 Å². The fraction of sp³-hybridized carbons (Fsp3) is 0.130. The molecule has 3 heterocycles. The highest BCUT2D eigenvalue weighted by Crippen LogP contribution is 2.48. The molecule has 28 heavy (non-hydrogen) atoms. The van der Waals surface area contributed by atoms with E-state index < -0.39 is 5.66 Å². The molecule has 0 unspecified atom stereocenters. The Balaban J connectivity index is 1.77. The number of hydrogen-bond donors (Lipinski definition) is 2. The Labute approximate surface area is 162 Å². The number of hydrogen-bond acceptors (Lipinski definition) is 3. The minimum Gasteiger partial charge on any atom is -0.350 e. The van der Waals surface area contributed by atoms with Crippen LogP contribution in [0.3, 0.4) is 0 Å². The van der Waals surface area contributed by atoms with Gasteiger partial charge in [-0.1, -0.05) is 37.3 Å². The zero-order valence-corrected chi connectivity index (χ0v) is 15.4. The van der Waals surface area contributed by atoms with E-state index in [0.717, 1.165) is 45.8 Å². The molecule has 0 saturated heterocycles. The molecule has 2 N–H and O–H groups in total. The van der Waals surface area contributed by atoms with E-state index >= 15 is 0 Å². The molecule has 0 saturated carbocycles. The van der Waals surface area contributed by atoms with Crippen LogP contribution in [0.2, 0.25) is 0 Å². The van der Waals surface area contributed by atoms with E-state index in [4.69, 9.17) is 4.98 Å². The number of imidazole rings is 1. The lowest BCUT2D eigenvalue weighted by atomic mass is 9.93. The van der Waals surface area contributed by atoms with Crippen molar-refractivity contribution in [3.8, 4) is 11.4 Å². The summed E-state index contributed by atoms with van der Waals surface area (Å²) < 4.78 is 2.06. The molecule has 136 valence electrons. The van der Waals surface area contributed by atoms with Gasteiger partial charge in [-0.05, 0) is 48.4 Å². The normalized spacial score (nSPS) is 19.1. The number of anilines is 2. The maximum Gasteiger partial charge on any atom is 0.276 e. The lowest BCUT2D eigenvalue weighted by Gasteiger charge is -2.37. The van der Waals surface area contributed by atoms with Crippen molar-refractivity contribution in [2.45, 2.75) is 19.0 Å². The van der Waals surface area contributed by atoms with Crippen LogP contribution in [0.25, 0.3) is 22.4 Å². The third-order valence-corrected chi connectivity index (χ3v) is 5.84. The zero-order chi connectivity index (χ0) is 18.9. The summed E-state index contributed by atoms with van der Waals surface area (Å²) in [6.07, 6.45) is 0.908. The molecular weight excluding hydrogens is 348 g/mol. The summed E-state index contributed by atoms with van der Waals surface area (Å²) in [6.45, 7) is 2.13. The van der Waals surface area contributed by atoms with Gasteiger partial charge >= 0.3 is 0 Å². The van der Waals surface area contributed by atoms with Gasteiger partial charge in [-0.2, -0.15) is 0 Å². The Morgan fingerprint density at radius 3 is 2.71 bits per heavy atom. The smallest absolute Gasteiger partial charge is 0.276 e. The monoisotopic (exact) mass is 366 g/mol. The molecule has 5 heteroatoms. The van der Waals surface area contributed by atoms with Crippen molar-refractivity contribution >= 4 is 28.3 Å². The quantitative estimate of drug-likeness (QED) is 0.527. The van der Waals surface area contributed by atoms with Crippen LogP contribution in [-0.2, 0) is 16.9 Å². The molecule has 0 aliphatic carbocycles. The van der Waals surface area contributed by atoms with Crippen LogP contribution >= 0.6 is 0 Å². The first-order chi connectivity index (χ1) is 13.7.